The fourth-order valence-corrected chi connectivity index (χ4v) is 5.53. The maximum atomic E-state index is 12.4. The van der Waals surface area contributed by atoms with Crippen LogP contribution in [0.25, 0.3) is 0 Å². The first-order chi connectivity index (χ1) is 14.7. The zero-order valence-electron chi connectivity index (χ0n) is 17.9. The number of carbonyl (C=O) groups excluding carboxylic acids is 1. The van der Waals surface area contributed by atoms with Gasteiger partial charge in [0.05, 0.1) is 17.4 Å². The molecule has 0 saturated carbocycles. The Kier molecular flexibility index (Phi) is 7.16. The predicted octanol–water partition coefficient (Wildman–Crippen LogP) is 3.46. The van der Waals surface area contributed by atoms with Crippen molar-refractivity contribution in [3.8, 4) is 6.07 Å². The maximum Gasteiger partial charge on any atom is 0.230 e. The number of hydrogen-bond acceptors (Lipinski definition) is 6. The predicted molar refractivity (Wildman–Crippen MR) is 119 cm³/mol. The number of aromatic nitrogens is 1. The summed E-state index contributed by atoms with van der Waals surface area (Å²) in [7, 11) is 0. The van der Waals surface area contributed by atoms with Crippen LogP contribution in [-0.2, 0) is 22.4 Å². The lowest BCUT2D eigenvalue weighted by Gasteiger charge is -2.34. The van der Waals surface area contributed by atoms with Crippen molar-refractivity contribution >= 4 is 23.5 Å². The number of nitriles is 1. The summed E-state index contributed by atoms with van der Waals surface area (Å²) in [6, 6.07) is 2.41. The van der Waals surface area contributed by atoms with Crippen LogP contribution in [0.15, 0.2) is 5.03 Å². The highest BCUT2D eigenvalue weighted by Crippen LogP contribution is 2.37. The lowest BCUT2D eigenvalue weighted by molar-refractivity contribution is -0.119. The van der Waals surface area contributed by atoms with Crippen LogP contribution < -0.4 is 10.2 Å². The number of hydrogen-bond donors (Lipinski definition) is 1. The first-order valence-corrected chi connectivity index (χ1v) is 12.4. The molecule has 1 aliphatic carbocycles. The molecule has 30 heavy (non-hydrogen) atoms. The number of anilines is 1. The summed E-state index contributed by atoms with van der Waals surface area (Å²) < 4.78 is 5.57. The van der Waals surface area contributed by atoms with Crippen LogP contribution in [0.1, 0.15) is 62.1 Å². The van der Waals surface area contributed by atoms with Crippen molar-refractivity contribution < 1.29 is 9.53 Å². The van der Waals surface area contributed by atoms with Crippen LogP contribution in [0.4, 0.5) is 5.82 Å². The molecule has 1 aromatic heterocycles. The minimum atomic E-state index is -0.0211. The fourth-order valence-electron chi connectivity index (χ4n) is 4.70. The lowest BCUT2D eigenvalue weighted by Crippen LogP contribution is -2.35. The molecule has 1 aromatic rings. The van der Waals surface area contributed by atoms with E-state index in [2.05, 4.69) is 23.2 Å². The Balaban J connectivity index is 1.50. The monoisotopic (exact) mass is 428 g/mol. The molecule has 2 fully saturated rings. The Morgan fingerprint density at radius 3 is 2.70 bits per heavy atom. The molecule has 6 nitrogen and oxygen atoms in total. The van der Waals surface area contributed by atoms with Gasteiger partial charge < -0.3 is 15.0 Å². The fraction of sp³-hybridized carbons (Fsp3) is 0.696. The molecule has 1 N–H and O–H groups in total. The summed E-state index contributed by atoms with van der Waals surface area (Å²) in [5.41, 5.74) is 3.14. The second kappa shape index (κ2) is 10.0. The number of amides is 1. The average Bonchev–Trinajstić information content (AvgIpc) is 3.30. The third-order valence-corrected chi connectivity index (χ3v) is 7.52. The number of nitrogens with zero attached hydrogens (tertiary/aromatic N) is 3. The van der Waals surface area contributed by atoms with Crippen LogP contribution in [0.3, 0.4) is 0 Å². The average molecular weight is 429 g/mol. The minimum absolute atomic E-state index is 0.0211. The highest BCUT2D eigenvalue weighted by molar-refractivity contribution is 8.00. The van der Waals surface area contributed by atoms with Gasteiger partial charge in [-0.3, -0.25) is 4.79 Å². The molecule has 0 spiro atoms. The molecule has 1 atom stereocenters. The molecule has 3 heterocycles. The Morgan fingerprint density at radius 1 is 1.23 bits per heavy atom. The molecule has 3 aliphatic rings. The van der Waals surface area contributed by atoms with Crippen LogP contribution >= 0.6 is 11.8 Å². The van der Waals surface area contributed by atoms with Gasteiger partial charge in [0.2, 0.25) is 5.91 Å². The summed E-state index contributed by atoms with van der Waals surface area (Å²) in [5, 5.41) is 13.6. The van der Waals surface area contributed by atoms with Gasteiger partial charge >= 0.3 is 0 Å². The molecule has 7 heteroatoms. The van der Waals surface area contributed by atoms with Gasteiger partial charge in [-0.05, 0) is 68.4 Å². The maximum absolute atomic E-state index is 12.4. The Hall–Kier alpha value is -1.78. The van der Waals surface area contributed by atoms with Crippen LogP contribution in [-0.4, -0.2) is 49.0 Å². The first kappa shape index (κ1) is 21.5. The number of thioether (sulfide) groups is 1. The number of rotatable bonds is 6. The van der Waals surface area contributed by atoms with Gasteiger partial charge in [-0.2, -0.15) is 5.26 Å². The number of ether oxygens (including phenoxy) is 1. The molecule has 2 aliphatic heterocycles. The molecule has 0 radical (unpaired) electrons. The summed E-state index contributed by atoms with van der Waals surface area (Å²) in [4.78, 5) is 19.8. The van der Waals surface area contributed by atoms with Gasteiger partial charge in [0.15, 0.2) is 0 Å². The zero-order valence-corrected chi connectivity index (χ0v) is 18.7. The van der Waals surface area contributed by atoms with E-state index in [4.69, 9.17) is 9.72 Å². The smallest absolute Gasteiger partial charge is 0.230 e. The van der Waals surface area contributed by atoms with Crippen molar-refractivity contribution in [2.75, 3.05) is 36.9 Å². The molecule has 162 valence electrons. The molecular weight excluding hydrogens is 396 g/mol. The topological polar surface area (TPSA) is 78.2 Å². The Bertz CT molecular complexity index is 808. The van der Waals surface area contributed by atoms with E-state index in [1.165, 1.54) is 35.7 Å². The molecule has 2 saturated heterocycles. The Labute approximate surface area is 183 Å². The van der Waals surface area contributed by atoms with Crippen molar-refractivity contribution in [2.24, 2.45) is 5.92 Å². The molecular formula is C23H32N4O2S. The number of fused-ring (bicyclic) bond motifs is 1. The van der Waals surface area contributed by atoms with Gasteiger partial charge in [0, 0.05) is 26.2 Å². The molecule has 0 unspecified atom stereocenters. The zero-order chi connectivity index (χ0) is 20.9. The largest absolute Gasteiger partial charge is 0.376 e. The standard InChI is InChI=1S/C23H32N4O2S/c1-16-8-10-27(11-9-16)22-19-7-3-2-6-18(19)20(13-24)23(26-22)30-15-21(28)25-14-17-5-4-12-29-17/h16-17H,2-12,14-15H2,1H3,(H,25,28)/t17-/m0/s1. The summed E-state index contributed by atoms with van der Waals surface area (Å²) in [6.07, 6.45) is 8.82. The lowest BCUT2D eigenvalue weighted by atomic mass is 9.88. The van der Waals surface area contributed by atoms with E-state index >= 15 is 0 Å². The molecule has 1 amide bonds. The van der Waals surface area contributed by atoms with E-state index in [0.29, 0.717) is 12.1 Å². The van der Waals surface area contributed by atoms with E-state index in [-0.39, 0.29) is 17.8 Å². The number of carbonyl (C=O) groups is 1. The van der Waals surface area contributed by atoms with Crippen molar-refractivity contribution in [1.29, 1.82) is 5.26 Å². The summed E-state index contributed by atoms with van der Waals surface area (Å²) in [6.45, 7) is 5.73. The normalized spacial score (nSPS) is 21.9. The van der Waals surface area contributed by atoms with Gasteiger partial charge in [0.25, 0.3) is 0 Å². The molecule has 4 rings (SSSR count). The third-order valence-electron chi connectivity index (χ3n) is 6.55. The highest BCUT2D eigenvalue weighted by atomic mass is 32.2. The first-order valence-electron chi connectivity index (χ1n) is 11.4. The summed E-state index contributed by atoms with van der Waals surface area (Å²) >= 11 is 1.40. The van der Waals surface area contributed by atoms with Crippen LogP contribution in [0.2, 0.25) is 0 Å². The molecule has 0 aromatic carbocycles. The Morgan fingerprint density at radius 2 is 2.00 bits per heavy atom. The van der Waals surface area contributed by atoms with E-state index in [1.54, 1.807) is 0 Å². The molecule has 0 bridgehead atoms. The van der Waals surface area contributed by atoms with Crippen molar-refractivity contribution in [1.82, 2.24) is 10.3 Å². The van der Waals surface area contributed by atoms with Gasteiger partial charge in [-0.15, -0.1) is 0 Å². The van der Waals surface area contributed by atoms with Gasteiger partial charge in [0.1, 0.15) is 16.9 Å². The van der Waals surface area contributed by atoms with Crippen LogP contribution in [0, 0.1) is 17.2 Å². The quantitative estimate of drug-likeness (QED) is 0.699. The van der Waals surface area contributed by atoms with Crippen molar-refractivity contribution in [2.45, 2.75) is 69.4 Å². The number of nitrogens with one attached hydrogen (secondary N) is 1. The number of piperidine rings is 1. The van der Waals surface area contributed by atoms with E-state index in [0.717, 1.165) is 75.0 Å². The van der Waals surface area contributed by atoms with E-state index in [1.807, 2.05) is 0 Å². The number of pyridine rings is 1. The van der Waals surface area contributed by atoms with Crippen LogP contribution in [0.5, 0.6) is 0 Å². The SMILES string of the molecule is CC1CCN(c2nc(SCC(=O)NC[C@@H]3CCCO3)c(C#N)c3c2CCCC3)CC1. The minimum Gasteiger partial charge on any atom is -0.376 e. The second-order valence-electron chi connectivity index (χ2n) is 8.79. The van der Waals surface area contributed by atoms with E-state index in [9.17, 15) is 10.1 Å². The van der Waals surface area contributed by atoms with Crippen molar-refractivity contribution in [3.05, 3.63) is 16.7 Å². The van der Waals surface area contributed by atoms with Crippen molar-refractivity contribution in [3.63, 3.8) is 0 Å². The summed E-state index contributed by atoms with van der Waals surface area (Å²) in [5.74, 6) is 2.09. The highest BCUT2D eigenvalue weighted by Gasteiger charge is 2.27. The van der Waals surface area contributed by atoms with E-state index < -0.39 is 0 Å². The van der Waals surface area contributed by atoms with Gasteiger partial charge in [-0.1, -0.05) is 18.7 Å². The van der Waals surface area contributed by atoms with Gasteiger partial charge in [-0.25, -0.2) is 4.98 Å². The third kappa shape index (κ3) is 4.92. The second-order valence-corrected chi connectivity index (χ2v) is 9.75.